The van der Waals surface area contributed by atoms with Crippen LogP contribution in [-0.2, 0) is 0 Å². The van der Waals surface area contributed by atoms with Gasteiger partial charge in [0.05, 0.1) is 5.56 Å². The zero-order chi connectivity index (χ0) is 12.5. The second-order valence-corrected chi connectivity index (χ2v) is 4.52. The Morgan fingerprint density at radius 3 is 3.06 bits per heavy atom. The molecule has 3 heterocycles. The van der Waals surface area contributed by atoms with E-state index in [1.165, 1.54) is 0 Å². The molecule has 3 rings (SSSR count). The zero-order valence-electron chi connectivity index (χ0n) is 10.2. The summed E-state index contributed by atoms with van der Waals surface area (Å²) in [6.45, 7) is 3.53. The van der Waals surface area contributed by atoms with Gasteiger partial charge in [0, 0.05) is 25.3 Å². The maximum absolute atomic E-state index is 5.93. The van der Waals surface area contributed by atoms with E-state index in [0.29, 0.717) is 11.7 Å². The summed E-state index contributed by atoms with van der Waals surface area (Å²) >= 11 is 0. The SMILES string of the molecule is Cc1noc(-c2cccnc2N2CC[C@H](N)C2)n1. The number of rotatable bonds is 2. The van der Waals surface area contributed by atoms with Crippen LogP contribution in [0.3, 0.4) is 0 Å². The van der Waals surface area contributed by atoms with E-state index in [-0.39, 0.29) is 6.04 Å². The second-order valence-electron chi connectivity index (χ2n) is 4.52. The van der Waals surface area contributed by atoms with Gasteiger partial charge in [-0.3, -0.25) is 0 Å². The summed E-state index contributed by atoms with van der Waals surface area (Å²) in [5.41, 5.74) is 6.80. The van der Waals surface area contributed by atoms with Gasteiger partial charge in [-0.05, 0) is 25.5 Å². The quantitative estimate of drug-likeness (QED) is 0.849. The molecule has 0 saturated carbocycles. The molecule has 94 valence electrons. The summed E-state index contributed by atoms with van der Waals surface area (Å²) in [5.74, 6) is 2.00. The van der Waals surface area contributed by atoms with E-state index in [9.17, 15) is 0 Å². The van der Waals surface area contributed by atoms with Crippen LogP contribution in [0, 0.1) is 6.92 Å². The van der Waals surface area contributed by atoms with Crippen molar-refractivity contribution in [3.8, 4) is 11.5 Å². The molecule has 0 spiro atoms. The molecule has 1 fully saturated rings. The maximum Gasteiger partial charge on any atom is 0.261 e. The first-order chi connectivity index (χ1) is 8.74. The van der Waals surface area contributed by atoms with E-state index < -0.39 is 0 Å². The average molecular weight is 245 g/mol. The van der Waals surface area contributed by atoms with E-state index in [0.717, 1.165) is 30.9 Å². The summed E-state index contributed by atoms with van der Waals surface area (Å²) < 4.78 is 5.22. The first kappa shape index (κ1) is 11.2. The molecule has 0 aliphatic carbocycles. The predicted molar refractivity (Wildman–Crippen MR) is 67.1 cm³/mol. The molecular formula is C12H15N5O. The third-order valence-corrected chi connectivity index (χ3v) is 3.07. The van der Waals surface area contributed by atoms with E-state index in [4.69, 9.17) is 10.3 Å². The van der Waals surface area contributed by atoms with Crippen LogP contribution in [0.4, 0.5) is 5.82 Å². The molecule has 0 aromatic carbocycles. The highest BCUT2D eigenvalue weighted by Crippen LogP contribution is 2.29. The molecule has 2 aromatic rings. The molecule has 0 amide bonds. The Bertz CT molecular complexity index is 553. The molecule has 1 aliphatic rings. The van der Waals surface area contributed by atoms with E-state index in [1.807, 2.05) is 12.1 Å². The van der Waals surface area contributed by atoms with Gasteiger partial charge in [0.1, 0.15) is 5.82 Å². The van der Waals surface area contributed by atoms with Crippen molar-refractivity contribution < 1.29 is 4.52 Å². The van der Waals surface area contributed by atoms with Crippen LogP contribution in [0.25, 0.3) is 11.5 Å². The highest BCUT2D eigenvalue weighted by Gasteiger charge is 2.24. The predicted octanol–water partition coefficient (Wildman–Crippen LogP) is 0.977. The topological polar surface area (TPSA) is 81.1 Å². The van der Waals surface area contributed by atoms with Gasteiger partial charge in [-0.1, -0.05) is 5.16 Å². The fourth-order valence-electron chi connectivity index (χ4n) is 2.20. The highest BCUT2D eigenvalue weighted by molar-refractivity contribution is 5.70. The fourth-order valence-corrected chi connectivity index (χ4v) is 2.20. The molecule has 18 heavy (non-hydrogen) atoms. The number of hydrogen-bond acceptors (Lipinski definition) is 6. The summed E-state index contributed by atoms with van der Waals surface area (Å²) in [4.78, 5) is 10.8. The Balaban J connectivity index is 2.00. The standard InChI is InChI=1S/C12H15N5O/c1-8-15-12(18-16-8)10-3-2-5-14-11(10)17-6-4-9(13)7-17/h2-3,5,9H,4,6-7,13H2,1H3/t9-/m0/s1. The summed E-state index contributed by atoms with van der Waals surface area (Å²) in [7, 11) is 0. The normalized spacial score (nSPS) is 19.4. The van der Waals surface area contributed by atoms with Gasteiger partial charge in [0.15, 0.2) is 5.82 Å². The van der Waals surface area contributed by atoms with Crippen LogP contribution >= 0.6 is 0 Å². The minimum Gasteiger partial charge on any atom is -0.354 e. The van der Waals surface area contributed by atoms with Crippen molar-refractivity contribution in [3.63, 3.8) is 0 Å². The molecule has 1 saturated heterocycles. The Morgan fingerprint density at radius 2 is 2.39 bits per heavy atom. The number of anilines is 1. The summed E-state index contributed by atoms with van der Waals surface area (Å²) in [6.07, 6.45) is 2.75. The van der Waals surface area contributed by atoms with Gasteiger partial charge in [-0.15, -0.1) is 0 Å². The Kier molecular flexibility index (Phi) is 2.71. The molecule has 6 nitrogen and oxygen atoms in total. The van der Waals surface area contributed by atoms with Gasteiger partial charge in [-0.25, -0.2) is 4.98 Å². The van der Waals surface area contributed by atoms with E-state index in [2.05, 4.69) is 20.0 Å². The highest BCUT2D eigenvalue weighted by atomic mass is 16.5. The molecule has 0 bridgehead atoms. The molecule has 2 N–H and O–H groups in total. The van der Waals surface area contributed by atoms with E-state index in [1.54, 1.807) is 13.1 Å². The van der Waals surface area contributed by atoms with Crippen molar-refractivity contribution in [2.24, 2.45) is 5.73 Å². The van der Waals surface area contributed by atoms with Crippen LogP contribution in [0.15, 0.2) is 22.9 Å². The summed E-state index contributed by atoms with van der Waals surface area (Å²) in [5, 5.41) is 3.82. The van der Waals surface area contributed by atoms with Crippen molar-refractivity contribution in [2.45, 2.75) is 19.4 Å². The first-order valence-electron chi connectivity index (χ1n) is 6.00. The van der Waals surface area contributed by atoms with Crippen molar-refractivity contribution in [2.75, 3.05) is 18.0 Å². The number of hydrogen-bond donors (Lipinski definition) is 1. The average Bonchev–Trinajstić information content (AvgIpc) is 2.98. The third-order valence-electron chi connectivity index (χ3n) is 3.07. The van der Waals surface area contributed by atoms with Crippen molar-refractivity contribution >= 4 is 5.82 Å². The molecule has 0 unspecified atom stereocenters. The first-order valence-corrected chi connectivity index (χ1v) is 6.00. The van der Waals surface area contributed by atoms with E-state index >= 15 is 0 Å². The number of nitrogens with two attached hydrogens (primary N) is 1. The van der Waals surface area contributed by atoms with Gasteiger partial charge in [0.25, 0.3) is 5.89 Å². The molecule has 2 aromatic heterocycles. The zero-order valence-corrected chi connectivity index (χ0v) is 10.2. The summed E-state index contributed by atoms with van der Waals surface area (Å²) in [6, 6.07) is 4.03. The molecule has 6 heteroatoms. The van der Waals surface area contributed by atoms with Crippen molar-refractivity contribution in [1.29, 1.82) is 0 Å². The number of pyridine rings is 1. The second kappa shape index (κ2) is 4.38. The van der Waals surface area contributed by atoms with Gasteiger partial charge in [0.2, 0.25) is 0 Å². The van der Waals surface area contributed by atoms with Gasteiger partial charge in [-0.2, -0.15) is 4.98 Å². The van der Waals surface area contributed by atoms with Crippen LogP contribution in [0.5, 0.6) is 0 Å². The number of nitrogens with zero attached hydrogens (tertiary/aromatic N) is 4. The minimum atomic E-state index is 0.212. The smallest absolute Gasteiger partial charge is 0.261 e. The van der Waals surface area contributed by atoms with Crippen molar-refractivity contribution in [3.05, 3.63) is 24.2 Å². The van der Waals surface area contributed by atoms with Crippen LogP contribution in [0.2, 0.25) is 0 Å². The van der Waals surface area contributed by atoms with Crippen LogP contribution in [0.1, 0.15) is 12.2 Å². The minimum absolute atomic E-state index is 0.212. The molecule has 1 aliphatic heterocycles. The molecule has 0 radical (unpaired) electrons. The fraction of sp³-hybridized carbons (Fsp3) is 0.417. The number of aromatic nitrogens is 3. The Morgan fingerprint density at radius 1 is 1.50 bits per heavy atom. The maximum atomic E-state index is 5.93. The third kappa shape index (κ3) is 1.95. The Labute approximate surface area is 105 Å². The lowest BCUT2D eigenvalue weighted by Crippen LogP contribution is -2.27. The largest absolute Gasteiger partial charge is 0.354 e. The molecule has 1 atom stereocenters. The lowest BCUT2D eigenvalue weighted by Gasteiger charge is -2.18. The van der Waals surface area contributed by atoms with Crippen LogP contribution < -0.4 is 10.6 Å². The molecular weight excluding hydrogens is 230 g/mol. The van der Waals surface area contributed by atoms with Gasteiger partial charge < -0.3 is 15.2 Å². The monoisotopic (exact) mass is 245 g/mol. The lowest BCUT2D eigenvalue weighted by atomic mass is 10.2. The van der Waals surface area contributed by atoms with Gasteiger partial charge >= 0.3 is 0 Å². The van der Waals surface area contributed by atoms with Crippen molar-refractivity contribution in [1.82, 2.24) is 15.1 Å². The lowest BCUT2D eigenvalue weighted by molar-refractivity contribution is 0.425. The Hall–Kier alpha value is -1.95. The number of aryl methyl sites for hydroxylation is 1. The van der Waals surface area contributed by atoms with Crippen LogP contribution in [-0.4, -0.2) is 34.3 Å².